The van der Waals surface area contributed by atoms with Crippen LogP contribution in [0.5, 0.6) is 0 Å². The average molecular weight is 239 g/mol. The summed E-state index contributed by atoms with van der Waals surface area (Å²) in [7, 11) is 2.12. The lowest BCUT2D eigenvalue weighted by atomic mass is 9.72. The van der Waals surface area contributed by atoms with Gasteiger partial charge in [-0.05, 0) is 51.5 Å². The van der Waals surface area contributed by atoms with Gasteiger partial charge < -0.3 is 10.1 Å². The van der Waals surface area contributed by atoms with E-state index in [1.165, 1.54) is 44.9 Å². The van der Waals surface area contributed by atoms with E-state index in [-0.39, 0.29) is 5.60 Å². The summed E-state index contributed by atoms with van der Waals surface area (Å²) in [4.78, 5) is 0. The zero-order valence-corrected chi connectivity index (χ0v) is 11.8. The predicted octanol–water partition coefficient (Wildman–Crippen LogP) is 3.36. The molecule has 17 heavy (non-hydrogen) atoms. The van der Waals surface area contributed by atoms with Gasteiger partial charge in [0.25, 0.3) is 0 Å². The molecular formula is C15H29NO. The van der Waals surface area contributed by atoms with Crippen molar-refractivity contribution >= 4 is 0 Å². The van der Waals surface area contributed by atoms with Gasteiger partial charge in [0.2, 0.25) is 0 Å². The Morgan fingerprint density at radius 3 is 2.76 bits per heavy atom. The smallest absolute Gasteiger partial charge is 0.0810 e. The first-order chi connectivity index (χ1) is 8.19. The number of hydrogen-bond acceptors (Lipinski definition) is 2. The molecule has 0 amide bonds. The van der Waals surface area contributed by atoms with Crippen LogP contribution in [0.2, 0.25) is 0 Å². The zero-order chi connectivity index (χ0) is 12.3. The van der Waals surface area contributed by atoms with Gasteiger partial charge in [0.1, 0.15) is 0 Å². The second-order valence-corrected chi connectivity index (χ2v) is 6.23. The zero-order valence-electron chi connectivity index (χ0n) is 11.8. The van der Waals surface area contributed by atoms with E-state index < -0.39 is 0 Å². The molecule has 1 saturated carbocycles. The van der Waals surface area contributed by atoms with Crippen LogP contribution in [0, 0.1) is 11.8 Å². The van der Waals surface area contributed by atoms with Crippen molar-refractivity contribution in [3.05, 3.63) is 0 Å². The van der Waals surface area contributed by atoms with Gasteiger partial charge in [-0.3, -0.25) is 0 Å². The molecule has 1 heterocycles. The fourth-order valence-corrected chi connectivity index (χ4v) is 4.09. The molecule has 1 aliphatic heterocycles. The molecule has 2 heteroatoms. The van der Waals surface area contributed by atoms with Crippen molar-refractivity contribution in [1.29, 1.82) is 0 Å². The fraction of sp³-hybridized carbons (Fsp3) is 1.00. The van der Waals surface area contributed by atoms with E-state index in [1.807, 2.05) is 0 Å². The van der Waals surface area contributed by atoms with Crippen molar-refractivity contribution in [3.63, 3.8) is 0 Å². The lowest BCUT2D eigenvalue weighted by Gasteiger charge is -2.42. The Kier molecular flexibility index (Phi) is 4.48. The van der Waals surface area contributed by atoms with Gasteiger partial charge in [-0.2, -0.15) is 0 Å². The normalized spacial score (nSPS) is 40.4. The predicted molar refractivity (Wildman–Crippen MR) is 72.2 cm³/mol. The third-order valence-corrected chi connectivity index (χ3v) is 5.09. The third-order valence-electron chi connectivity index (χ3n) is 5.09. The Morgan fingerprint density at radius 2 is 2.18 bits per heavy atom. The van der Waals surface area contributed by atoms with Crippen LogP contribution in [0.1, 0.15) is 58.8 Å². The molecule has 4 atom stereocenters. The van der Waals surface area contributed by atoms with Crippen molar-refractivity contribution in [1.82, 2.24) is 5.32 Å². The first-order valence-electron chi connectivity index (χ1n) is 7.51. The summed E-state index contributed by atoms with van der Waals surface area (Å²) in [6.07, 6.45) is 9.47. The average Bonchev–Trinajstić information content (AvgIpc) is 2.78. The Labute approximate surface area is 107 Å². The first-order valence-corrected chi connectivity index (χ1v) is 7.51. The Hall–Kier alpha value is -0.0800. The van der Waals surface area contributed by atoms with Gasteiger partial charge in [0, 0.05) is 12.6 Å². The SMILES string of the molecule is CCC1CCCC(C(NC)C2(C)CCCO2)C1. The maximum atomic E-state index is 6.05. The highest BCUT2D eigenvalue weighted by Gasteiger charge is 2.42. The number of nitrogens with one attached hydrogen (secondary N) is 1. The topological polar surface area (TPSA) is 21.3 Å². The molecule has 2 rings (SSSR count). The number of hydrogen-bond donors (Lipinski definition) is 1. The van der Waals surface area contributed by atoms with Crippen molar-refractivity contribution in [2.45, 2.75) is 70.4 Å². The highest BCUT2D eigenvalue weighted by Crippen LogP contribution is 2.39. The number of rotatable bonds is 4. The molecule has 2 aliphatic rings. The van der Waals surface area contributed by atoms with Crippen molar-refractivity contribution in [2.24, 2.45) is 11.8 Å². The van der Waals surface area contributed by atoms with Gasteiger partial charge in [0.05, 0.1) is 5.60 Å². The molecule has 1 aliphatic carbocycles. The van der Waals surface area contributed by atoms with E-state index in [1.54, 1.807) is 0 Å². The monoisotopic (exact) mass is 239 g/mol. The van der Waals surface area contributed by atoms with E-state index in [4.69, 9.17) is 4.74 Å². The van der Waals surface area contributed by atoms with Crippen LogP contribution in [-0.4, -0.2) is 25.3 Å². The molecule has 1 N–H and O–H groups in total. The molecule has 0 bridgehead atoms. The molecule has 1 saturated heterocycles. The third kappa shape index (κ3) is 2.85. The highest BCUT2D eigenvalue weighted by atomic mass is 16.5. The maximum Gasteiger partial charge on any atom is 0.0810 e. The van der Waals surface area contributed by atoms with E-state index >= 15 is 0 Å². The Bertz CT molecular complexity index is 235. The molecule has 2 nitrogen and oxygen atoms in total. The van der Waals surface area contributed by atoms with Crippen LogP contribution >= 0.6 is 0 Å². The molecule has 4 unspecified atom stereocenters. The quantitative estimate of drug-likeness (QED) is 0.812. The standard InChI is InChI=1S/C15H29NO/c1-4-12-7-5-8-13(11-12)14(16-3)15(2)9-6-10-17-15/h12-14,16H,4-11H2,1-3H3. The first kappa shape index (κ1) is 13.4. The number of likely N-dealkylation sites (N-methyl/N-ethyl adjacent to an activating group) is 1. The largest absolute Gasteiger partial charge is 0.374 e. The van der Waals surface area contributed by atoms with Crippen LogP contribution in [0.3, 0.4) is 0 Å². The van der Waals surface area contributed by atoms with E-state index in [0.29, 0.717) is 6.04 Å². The molecule has 0 aromatic rings. The van der Waals surface area contributed by atoms with Crippen LogP contribution in [0.15, 0.2) is 0 Å². The second kappa shape index (κ2) is 5.71. The summed E-state index contributed by atoms with van der Waals surface area (Å²) >= 11 is 0. The molecule has 100 valence electrons. The van der Waals surface area contributed by atoms with Gasteiger partial charge in [-0.15, -0.1) is 0 Å². The van der Waals surface area contributed by atoms with Crippen molar-refractivity contribution < 1.29 is 4.74 Å². The van der Waals surface area contributed by atoms with Gasteiger partial charge >= 0.3 is 0 Å². The Balaban J connectivity index is 2.01. The van der Waals surface area contributed by atoms with E-state index in [2.05, 4.69) is 26.2 Å². The molecular weight excluding hydrogens is 210 g/mol. The summed E-state index contributed by atoms with van der Waals surface area (Å²) in [6.45, 7) is 5.62. The van der Waals surface area contributed by atoms with Crippen LogP contribution < -0.4 is 5.32 Å². The molecule has 0 radical (unpaired) electrons. The highest BCUT2D eigenvalue weighted by molar-refractivity contribution is 4.97. The molecule has 2 fully saturated rings. The van der Waals surface area contributed by atoms with Crippen molar-refractivity contribution in [3.8, 4) is 0 Å². The van der Waals surface area contributed by atoms with Gasteiger partial charge in [0.15, 0.2) is 0 Å². The van der Waals surface area contributed by atoms with Crippen LogP contribution in [-0.2, 0) is 4.74 Å². The van der Waals surface area contributed by atoms with Gasteiger partial charge in [-0.1, -0.05) is 26.2 Å². The summed E-state index contributed by atoms with van der Waals surface area (Å²) in [5.41, 5.74) is 0.0923. The van der Waals surface area contributed by atoms with Crippen molar-refractivity contribution in [2.75, 3.05) is 13.7 Å². The van der Waals surface area contributed by atoms with Crippen LogP contribution in [0.25, 0.3) is 0 Å². The molecule has 0 aromatic heterocycles. The summed E-state index contributed by atoms with van der Waals surface area (Å²) in [6, 6.07) is 0.555. The Morgan fingerprint density at radius 1 is 1.35 bits per heavy atom. The molecule has 0 spiro atoms. The van der Waals surface area contributed by atoms with Gasteiger partial charge in [-0.25, -0.2) is 0 Å². The minimum atomic E-state index is 0.0923. The minimum Gasteiger partial charge on any atom is -0.374 e. The second-order valence-electron chi connectivity index (χ2n) is 6.23. The van der Waals surface area contributed by atoms with E-state index in [9.17, 15) is 0 Å². The minimum absolute atomic E-state index is 0.0923. The lowest BCUT2D eigenvalue weighted by molar-refractivity contribution is -0.0348. The lowest BCUT2D eigenvalue weighted by Crippen LogP contribution is -2.52. The molecule has 0 aromatic carbocycles. The van der Waals surface area contributed by atoms with E-state index in [0.717, 1.165) is 18.4 Å². The van der Waals surface area contributed by atoms with Crippen LogP contribution in [0.4, 0.5) is 0 Å². The summed E-state index contributed by atoms with van der Waals surface area (Å²) in [5.74, 6) is 1.77. The maximum absolute atomic E-state index is 6.05. The fourth-order valence-electron chi connectivity index (χ4n) is 4.09. The summed E-state index contributed by atoms with van der Waals surface area (Å²) < 4.78 is 6.05. The summed E-state index contributed by atoms with van der Waals surface area (Å²) in [5, 5.41) is 3.57. The number of ether oxygens (including phenoxy) is 1.